The lowest BCUT2D eigenvalue weighted by Crippen LogP contribution is -2.21. The number of hydrogen-bond acceptors (Lipinski definition) is 2. The Kier molecular flexibility index (Phi) is 4.45. The van der Waals surface area contributed by atoms with E-state index in [2.05, 4.69) is 24.9 Å². The van der Waals surface area contributed by atoms with Crippen molar-refractivity contribution in [1.82, 2.24) is 5.32 Å². The fraction of sp³-hybridized carbons (Fsp3) is 0.333. The largest absolute Gasteiger partial charge is 0.459 e. The minimum atomic E-state index is 0.189. The Morgan fingerprint density at radius 1 is 1.44 bits per heavy atom. The van der Waals surface area contributed by atoms with Gasteiger partial charge in [-0.1, -0.05) is 24.6 Å². The number of benzene rings is 1. The molecule has 1 atom stereocenters. The van der Waals surface area contributed by atoms with Crippen LogP contribution < -0.4 is 5.32 Å². The zero-order chi connectivity index (χ0) is 13.0. The van der Waals surface area contributed by atoms with Gasteiger partial charge in [-0.15, -0.1) is 6.58 Å². The van der Waals surface area contributed by atoms with Crippen LogP contribution in [0, 0.1) is 0 Å². The average molecular weight is 264 g/mol. The molecule has 1 aromatic heterocycles. The third kappa shape index (κ3) is 2.95. The smallest absolute Gasteiger partial charge is 0.134 e. The van der Waals surface area contributed by atoms with Gasteiger partial charge in [0.2, 0.25) is 0 Å². The lowest BCUT2D eigenvalue weighted by atomic mass is 10.1. The summed E-state index contributed by atoms with van der Waals surface area (Å²) in [5.41, 5.74) is 0.877. The van der Waals surface area contributed by atoms with Gasteiger partial charge in [0.25, 0.3) is 0 Å². The van der Waals surface area contributed by atoms with E-state index < -0.39 is 0 Å². The molecule has 96 valence electrons. The van der Waals surface area contributed by atoms with Gasteiger partial charge in [0.05, 0.1) is 6.04 Å². The van der Waals surface area contributed by atoms with Crippen LogP contribution in [0.2, 0.25) is 5.02 Å². The van der Waals surface area contributed by atoms with Crippen molar-refractivity contribution >= 4 is 22.6 Å². The molecule has 18 heavy (non-hydrogen) atoms. The molecule has 1 N–H and O–H groups in total. The summed E-state index contributed by atoms with van der Waals surface area (Å²) in [5, 5.41) is 5.24. The highest BCUT2D eigenvalue weighted by molar-refractivity contribution is 6.31. The van der Waals surface area contributed by atoms with E-state index in [-0.39, 0.29) is 6.04 Å². The fourth-order valence-electron chi connectivity index (χ4n) is 1.99. The van der Waals surface area contributed by atoms with Crippen molar-refractivity contribution in [3.63, 3.8) is 0 Å². The molecule has 0 radical (unpaired) electrons. The van der Waals surface area contributed by atoms with Gasteiger partial charge in [0.1, 0.15) is 11.3 Å². The van der Waals surface area contributed by atoms with Crippen LogP contribution in [0.3, 0.4) is 0 Å². The lowest BCUT2D eigenvalue weighted by molar-refractivity contribution is 0.432. The Balaban J connectivity index is 2.28. The monoisotopic (exact) mass is 263 g/mol. The molecular weight excluding hydrogens is 246 g/mol. The number of nitrogens with one attached hydrogen (secondary N) is 1. The third-order valence-electron chi connectivity index (χ3n) is 2.88. The van der Waals surface area contributed by atoms with Crippen LogP contribution in [0.5, 0.6) is 0 Å². The van der Waals surface area contributed by atoms with Crippen LogP contribution in [-0.2, 0) is 0 Å². The molecule has 0 saturated heterocycles. The fourth-order valence-corrected chi connectivity index (χ4v) is 2.17. The number of fused-ring (bicyclic) bond motifs is 1. The maximum absolute atomic E-state index is 5.98. The maximum atomic E-state index is 5.98. The van der Waals surface area contributed by atoms with Crippen molar-refractivity contribution < 1.29 is 4.42 Å². The van der Waals surface area contributed by atoms with Crippen LogP contribution in [0.4, 0.5) is 0 Å². The van der Waals surface area contributed by atoms with E-state index in [1.807, 2.05) is 24.3 Å². The first-order chi connectivity index (χ1) is 8.74. The van der Waals surface area contributed by atoms with Gasteiger partial charge in [-0.3, -0.25) is 0 Å². The molecule has 0 saturated carbocycles. The van der Waals surface area contributed by atoms with E-state index in [0.29, 0.717) is 0 Å². The molecule has 0 fully saturated rings. The molecule has 1 heterocycles. The zero-order valence-electron chi connectivity index (χ0n) is 10.6. The summed E-state index contributed by atoms with van der Waals surface area (Å²) in [6, 6.07) is 7.92. The van der Waals surface area contributed by atoms with Crippen LogP contribution in [0.25, 0.3) is 11.0 Å². The van der Waals surface area contributed by atoms with Crippen LogP contribution >= 0.6 is 11.6 Å². The van der Waals surface area contributed by atoms with Gasteiger partial charge in [-0.25, -0.2) is 0 Å². The Hall–Kier alpha value is -1.25. The highest BCUT2D eigenvalue weighted by Gasteiger charge is 2.14. The molecule has 0 bridgehead atoms. The second-order valence-corrected chi connectivity index (χ2v) is 4.80. The first-order valence-corrected chi connectivity index (χ1v) is 6.65. The summed E-state index contributed by atoms with van der Waals surface area (Å²) < 4.78 is 5.87. The summed E-state index contributed by atoms with van der Waals surface area (Å²) in [5.74, 6) is 0.945. The van der Waals surface area contributed by atoms with Gasteiger partial charge in [0, 0.05) is 10.4 Å². The Morgan fingerprint density at radius 2 is 2.28 bits per heavy atom. The molecule has 2 aromatic rings. The van der Waals surface area contributed by atoms with Crippen molar-refractivity contribution in [3.8, 4) is 0 Å². The zero-order valence-corrected chi connectivity index (χ0v) is 11.3. The standard InChI is InChI=1S/C15H18ClNO/c1-3-5-13(17-8-4-2)15-10-11-9-12(16)6-7-14(11)18-15/h3,6-7,9-10,13,17H,1,4-5,8H2,2H3. The first kappa shape index (κ1) is 13.2. The molecule has 3 heteroatoms. The molecule has 2 rings (SSSR count). The molecule has 0 spiro atoms. The summed E-state index contributed by atoms with van der Waals surface area (Å²) in [6.07, 6.45) is 3.86. The Labute approximate surface area is 113 Å². The predicted molar refractivity (Wildman–Crippen MR) is 77.1 cm³/mol. The van der Waals surface area contributed by atoms with E-state index in [1.54, 1.807) is 0 Å². The number of halogens is 1. The van der Waals surface area contributed by atoms with E-state index >= 15 is 0 Å². The van der Waals surface area contributed by atoms with E-state index in [9.17, 15) is 0 Å². The van der Waals surface area contributed by atoms with Crippen molar-refractivity contribution in [1.29, 1.82) is 0 Å². The van der Waals surface area contributed by atoms with Crippen molar-refractivity contribution in [2.75, 3.05) is 6.54 Å². The lowest BCUT2D eigenvalue weighted by Gasteiger charge is -2.13. The van der Waals surface area contributed by atoms with Crippen LogP contribution in [-0.4, -0.2) is 6.54 Å². The predicted octanol–water partition coefficient (Wildman–Crippen LogP) is 4.70. The normalized spacial score (nSPS) is 12.8. The molecule has 0 amide bonds. The van der Waals surface area contributed by atoms with Crippen LogP contribution in [0.1, 0.15) is 31.6 Å². The van der Waals surface area contributed by atoms with Crippen LogP contribution in [0.15, 0.2) is 41.3 Å². The van der Waals surface area contributed by atoms with Crippen molar-refractivity contribution in [2.24, 2.45) is 0 Å². The highest BCUT2D eigenvalue weighted by Crippen LogP contribution is 2.27. The van der Waals surface area contributed by atoms with Gasteiger partial charge < -0.3 is 9.73 Å². The topological polar surface area (TPSA) is 25.2 Å². The SMILES string of the molecule is C=CCC(NCCC)c1cc2cc(Cl)ccc2o1. The molecule has 0 aliphatic carbocycles. The summed E-state index contributed by atoms with van der Waals surface area (Å²) in [4.78, 5) is 0. The second kappa shape index (κ2) is 6.07. The molecular formula is C15H18ClNO. The minimum absolute atomic E-state index is 0.189. The van der Waals surface area contributed by atoms with Gasteiger partial charge in [-0.05, 0) is 43.7 Å². The molecule has 1 aromatic carbocycles. The maximum Gasteiger partial charge on any atom is 0.134 e. The first-order valence-electron chi connectivity index (χ1n) is 6.28. The second-order valence-electron chi connectivity index (χ2n) is 4.36. The van der Waals surface area contributed by atoms with Gasteiger partial charge >= 0.3 is 0 Å². The third-order valence-corrected chi connectivity index (χ3v) is 3.12. The minimum Gasteiger partial charge on any atom is -0.459 e. The van der Waals surface area contributed by atoms with E-state index in [4.69, 9.17) is 16.0 Å². The van der Waals surface area contributed by atoms with E-state index in [1.165, 1.54) is 0 Å². The summed E-state index contributed by atoms with van der Waals surface area (Å²) >= 11 is 5.98. The van der Waals surface area contributed by atoms with Crippen molar-refractivity contribution in [2.45, 2.75) is 25.8 Å². The van der Waals surface area contributed by atoms with Gasteiger partial charge in [-0.2, -0.15) is 0 Å². The van der Waals surface area contributed by atoms with Gasteiger partial charge in [0.15, 0.2) is 0 Å². The quantitative estimate of drug-likeness (QED) is 0.764. The molecule has 1 unspecified atom stereocenters. The average Bonchev–Trinajstić information content (AvgIpc) is 2.77. The van der Waals surface area contributed by atoms with E-state index in [0.717, 1.165) is 41.1 Å². The number of rotatable bonds is 6. The summed E-state index contributed by atoms with van der Waals surface area (Å²) in [6.45, 7) is 6.92. The molecule has 2 nitrogen and oxygen atoms in total. The molecule has 0 aliphatic rings. The van der Waals surface area contributed by atoms with Crippen molar-refractivity contribution in [3.05, 3.63) is 47.7 Å². The highest BCUT2D eigenvalue weighted by atomic mass is 35.5. The number of furan rings is 1. The summed E-state index contributed by atoms with van der Waals surface area (Å²) in [7, 11) is 0. The molecule has 0 aliphatic heterocycles. The Bertz CT molecular complexity index is 532. The Morgan fingerprint density at radius 3 is 3.00 bits per heavy atom. The number of hydrogen-bond donors (Lipinski definition) is 1.